The molecule has 1 N–H and O–H groups in total. The van der Waals surface area contributed by atoms with Gasteiger partial charge >= 0.3 is 0 Å². The standard InChI is InChI=1S/C27H25N5O2S/c1-4-22(25(34)29-27-28-21(16-35-27)19-11-7-5-8-12-19)31-23(33)15-17(2)24-18(3)30-32(26(24)31)20-13-9-6-10-14-20/h5-16,22H,4H2,1-3H3,(H,28,29,34). The van der Waals surface area contributed by atoms with Gasteiger partial charge in [-0.25, -0.2) is 9.67 Å². The second-order valence-electron chi connectivity index (χ2n) is 8.38. The third-order valence-electron chi connectivity index (χ3n) is 6.04. The largest absolute Gasteiger partial charge is 0.300 e. The number of nitrogens with one attached hydrogen (secondary N) is 1. The number of carbonyl (C=O) groups is 1. The van der Waals surface area contributed by atoms with E-state index < -0.39 is 6.04 Å². The number of benzene rings is 2. The van der Waals surface area contributed by atoms with E-state index in [2.05, 4.69) is 10.3 Å². The molecule has 3 heterocycles. The summed E-state index contributed by atoms with van der Waals surface area (Å²) in [5.41, 5.74) is 4.62. The Kier molecular flexibility index (Phi) is 6.05. The summed E-state index contributed by atoms with van der Waals surface area (Å²) < 4.78 is 3.32. The molecule has 0 aliphatic carbocycles. The number of fused-ring (bicyclic) bond motifs is 1. The van der Waals surface area contributed by atoms with Crippen LogP contribution in [0.2, 0.25) is 0 Å². The number of rotatable bonds is 6. The summed E-state index contributed by atoms with van der Waals surface area (Å²) in [6.45, 7) is 5.72. The highest BCUT2D eigenvalue weighted by atomic mass is 32.1. The molecule has 7 nitrogen and oxygen atoms in total. The van der Waals surface area contributed by atoms with Crippen LogP contribution in [0, 0.1) is 13.8 Å². The maximum absolute atomic E-state index is 13.5. The molecule has 3 aromatic heterocycles. The summed E-state index contributed by atoms with van der Waals surface area (Å²) >= 11 is 1.36. The Morgan fingerprint density at radius 1 is 1.06 bits per heavy atom. The molecule has 0 bridgehead atoms. The van der Waals surface area contributed by atoms with Crippen LogP contribution in [0.15, 0.2) is 76.9 Å². The number of anilines is 1. The first kappa shape index (κ1) is 22.7. The number of hydrogen-bond donors (Lipinski definition) is 1. The van der Waals surface area contributed by atoms with E-state index >= 15 is 0 Å². The van der Waals surface area contributed by atoms with E-state index in [0.29, 0.717) is 17.2 Å². The van der Waals surface area contributed by atoms with E-state index in [0.717, 1.165) is 33.6 Å². The molecule has 8 heteroatoms. The van der Waals surface area contributed by atoms with Crippen molar-refractivity contribution >= 4 is 33.4 Å². The molecule has 0 spiro atoms. The molecule has 0 aliphatic rings. The van der Waals surface area contributed by atoms with Crippen molar-refractivity contribution in [3.8, 4) is 16.9 Å². The van der Waals surface area contributed by atoms with Gasteiger partial charge in [0.2, 0.25) is 5.91 Å². The summed E-state index contributed by atoms with van der Waals surface area (Å²) in [7, 11) is 0. The third-order valence-corrected chi connectivity index (χ3v) is 6.80. The Balaban J connectivity index is 1.58. The van der Waals surface area contributed by atoms with Crippen molar-refractivity contribution in [2.75, 3.05) is 5.32 Å². The van der Waals surface area contributed by atoms with Gasteiger partial charge in [-0.1, -0.05) is 55.5 Å². The quantitative estimate of drug-likeness (QED) is 0.345. The second-order valence-corrected chi connectivity index (χ2v) is 9.24. The van der Waals surface area contributed by atoms with Crippen LogP contribution in [-0.2, 0) is 4.79 Å². The number of pyridine rings is 1. The zero-order valence-corrected chi connectivity index (χ0v) is 20.5. The van der Waals surface area contributed by atoms with Crippen LogP contribution in [0.3, 0.4) is 0 Å². The van der Waals surface area contributed by atoms with Crippen molar-refractivity contribution in [2.24, 2.45) is 0 Å². The monoisotopic (exact) mass is 483 g/mol. The summed E-state index contributed by atoms with van der Waals surface area (Å²) in [5.74, 6) is -0.285. The summed E-state index contributed by atoms with van der Waals surface area (Å²) in [6.07, 6.45) is 0.430. The average Bonchev–Trinajstić information content (AvgIpc) is 3.47. The smallest absolute Gasteiger partial charge is 0.253 e. The minimum atomic E-state index is -0.728. The molecule has 2 aromatic carbocycles. The molecule has 1 atom stereocenters. The van der Waals surface area contributed by atoms with Crippen LogP contribution < -0.4 is 10.9 Å². The summed E-state index contributed by atoms with van der Waals surface area (Å²) in [4.78, 5) is 31.4. The Hall–Kier alpha value is -4.04. The van der Waals surface area contributed by atoms with Gasteiger partial charge in [-0.3, -0.25) is 14.2 Å². The fourth-order valence-electron chi connectivity index (χ4n) is 4.43. The number of thiazole rings is 1. The van der Waals surface area contributed by atoms with E-state index in [-0.39, 0.29) is 11.5 Å². The fourth-order valence-corrected chi connectivity index (χ4v) is 5.15. The molecular formula is C27H25N5O2S. The second kappa shape index (κ2) is 9.31. The number of aromatic nitrogens is 4. The molecule has 0 radical (unpaired) electrons. The van der Waals surface area contributed by atoms with Gasteiger partial charge in [-0.2, -0.15) is 5.10 Å². The maximum Gasteiger partial charge on any atom is 0.253 e. The molecule has 0 saturated heterocycles. The van der Waals surface area contributed by atoms with Crippen molar-refractivity contribution in [1.29, 1.82) is 0 Å². The molecule has 176 valence electrons. The lowest BCUT2D eigenvalue weighted by molar-refractivity contribution is -0.119. The SMILES string of the molecule is CCC(C(=O)Nc1nc(-c2ccccc2)cs1)n1c(=O)cc(C)c2c(C)nn(-c3ccccc3)c21. The van der Waals surface area contributed by atoms with Crippen molar-refractivity contribution in [3.05, 3.63) is 93.7 Å². The number of carbonyl (C=O) groups excluding carboxylic acids is 1. The van der Waals surface area contributed by atoms with Crippen LogP contribution >= 0.6 is 11.3 Å². The minimum absolute atomic E-state index is 0.238. The maximum atomic E-state index is 13.5. The number of nitrogens with zero attached hydrogens (tertiary/aromatic N) is 4. The Labute approximate surface area is 206 Å². The van der Waals surface area contributed by atoms with Gasteiger partial charge in [-0.15, -0.1) is 11.3 Å². The Morgan fingerprint density at radius 2 is 1.74 bits per heavy atom. The third kappa shape index (κ3) is 4.17. The summed E-state index contributed by atoms with van der Waals surface area (Å²) in [6, 6.07) is 20.3. The number of hydrogen-bond acceptors (Lipinski definition) is 5. The molecule has 5 aromatic rings. The molecule has 0 fully saturated rings. The zero-order chi connectivity index (χ0) is 24.5. The van der Waals surface area contributed by atoms with E-state index in [1.807, 2.05) is 86.8 Å². The van der Waals surface area contributed by atoms with Crippen molar-refractivity contribution in [1.82, 2.24) is 19.3 Å². The first-order valence-electron chi connectivity index (χ1n) is 11.5. The van der Waals surface area contributed by atoms with Gasteiger partial charge in [-0.05, 0) is 38.0 Å². The predicted molar refractivity (Wildman–Crippen MR) is 140 cm³/mol. The van der Waals surface area contributed by atoms with Crippen LogP contribution in [0.4, 0.5) is 5.13 Å². The van der Waals surface area contributed by atoms with E-state index in [4.69, 9.17) is 5.10 Å². The van der Waals surface area contributed by atoms with Gasteiger partial charge in [0.05, 0.1) is 17.1 Å². The number of amides is 1. The fraction of sp³-hybridized carbons (Fsp3) is 0.185. The number of para-hydroxylation sites is 1. The highest BCUT2D eigenvalue weighted by Crippen LogP contribution is 2.29. The van der Waals surface area contributed by atoms with E-state index in [9.17, 15) is 9.59 Å². The molecular weight excluding hydrogens is 458 g/mol. The van der Waals surface area contributed by atoms with Crippen molar-refractivity contribution < 1.29 is 4.79 Å². The first-order valence-corrected chi connectivity index (χ1v) is 12.3. The topological polar surface area (TPSA) is 81.8 Å². The van der Waals surface area contributed by atoms with Crippen molar-refractivity contribution in [2.45, 2.75) is 33.2 Å². The van der Waals surface area contributed by atoms with Gasteiger partial charge in [0.25, 0.3) is 5.56 Å². The molecule has 35 heavy (non-hydrogen) atoms. The van der Waals surface area contributed by atoms with Crippen molar-refractivity contribution in [3.63, 3.8) is 0 Å². The first-order chi connectivity index (χ1) is 17.0. The zero-order valence-electron chi connectivity index (χ0n) is 19.7. The Bertz CT molecular complexity index is 1570. The van der Waals surface area contributed by atoms with Crippen LogP contribution in [-0.4, -0.2) is 25.2 Å². The molecule has 1 unspecified atom stereocenters. The average molecular weight is 484 g/mol. The molecule has 5 rings (SSSR count). The van der Waals surface area contributed by atoms with E-state index in [1.54, 1.807) is 15.3 Å². The predicted octanol–water partition coefficient (Wildman–Crippen LogP) is 5.52. The highest BCUT2D eigenvalue weighted by molar-refractivity contribution is 7.14. The van der Waals surface area contributed by atoms with Crippen LogP contribution in [0.1, 0.15) is 30.6 Å². The van der Waals surface area contributed by atoms with E-state index in [1.165, 1.54) is 11.3 Å². The lowest BCUT2D eigenvalue weighted by Gasteiger charge is -2.20. The molecule has 1 amide bonds. The van der Waals surface area contributed by atoms with Gasteiger partial charge < -0.3 is 5.32 Å². The molecule has 0 aliphatic heterocycles. The Morgan fingerprint density at radius 3 is 2.43 bits per heavy atom. The molecule has 0 saturated carbocycles. The van der Waals surface area contributed by atoms with Crippen LogP contribution in [0.5, 0.6) is 0 Å². The number of aryl methyl sites for hydroxylation is 2. The van der Waals surface area contributed by atoms with Crippen LogP contribution in [0.25, 0.3) is 28.0 Å². The van der Waals surface area contributed by atoms with Gasteiger partial charge in [0.1, 0.15) is 11.7 Å². The summed E-state index contributed by atoms with van der Waals surface area (Å²) in [5, 5.41) is 11.0. The lowest BCUT2D eigenvalue weighted by atomic mass is 10.1. The normalized spacial score (nSPS) is 12.1. The van der Waals surface area contributed by atoms with Gasteiger partial charge in [0, 0.05) is 22.4 Å². The lowest BCUT2D eigenvalue weighted by Crippen LogP contribution is -2.34. The van der Waals surface area contributed by atoms with Gasteiger partial charge in [0.15, 0.2) is 5.13 Å². The minimum Gasteiger partial charge on any atom is -0.300 e. The highest BCUT2D eigenvalue weighted by Gasteiger charge is 2.26.